The first-order valence-corrected chi connectivity index (χ1v) is 10.7. The Balaban J connectivity index is 1.53. The molecule has 0 bridgehead atoms. The number of hydrogen-bond acceptors (Lipinski definition) is 3. The third kappa shape index (κ3) is 3.64. The number of rotatable bonds is 6. The molecule has 2 aromatic carbocycles. The number of aromatic amines is 1. The van der Waals surface area contributed by atoms with E-state index in [4.69, 9.17) is 11.6 Å². The quantitative estimate of drug-likeness (QED) is 0.473. The Morgan fingerprint density at radius 1 is 1.13 bits per heavy atom. The third-order valence-corrected chi connectivity index (χ3v) is 5.96. The second-order valence-electron chi connectivity index (χ2n) is 7.84. The molecule has 1 unspecified atom stereocenters. The Hall–Kier alpha value is -3.38. The van der Waals surface area contributed by atoms with Crippen molar-refractivity contribution < 1.29 is 4.79 Å². The molecule has 4 aromatic rings. The van der Waals surface area contributed by atoms with Crippen molar-refractivity contribution in [1.82, 2.24) is 24.6 Å². The van der Waals surface area contributed by atoms with E-state index in [1.165, 1.54) is 5.56 Å². The van der Waals surface area contributed by atoms with Crippen LogP contribution in [0.5, 0.6) is 0 Å². The highest BCUT2D eigenvalue weighted by molar-refractivity contribution is 6.30. The molecule has 156 valence electrons. The zero-order chi connectivity index (χ0) is 21.4. The standard InChI is InChI=1S/C24H22ClN5O/c1-16-6-8-17(9-7-16)21-20-22(28-27-21)24(31)30(12-3-11-29-13-10-26-15-29)23(20)18-4-2-5-19(25)14-18/h2,4-10,13-15,23H,3,11-12H2,1H3,(H,27,28). The average Bonchev–Trinajstić information content (AvgIpc) is 3.48. The molecule has 0 radical (unpaired) electrons. The number of halogens is 1. The van der Waals surface area contributed by atoms with Gasteiger partial charge in [-0.1, -0.05) is 53.6 Å². The second-order valence-corrected chi connectivity index (χ2v) is 8.27. The second kappa shape index (κ2) is 8.04. The highest BCUT2D eigenvalue weighted by Crippen LogP contribution is 2.43. The van der Waals surface area contributed by atoms with Gasteiger partial charge in [-0.25, -0.2) is 4.98 Å². The van der Waals surface area contributed by atoms with Crippen LogP contribution >= 0.6 is 11.6 Å². The maximum Gasteiger partial charge on any atom is 0.273 e. The molecule has 0 aliphatic carbocycles. The molecule has 7 heteroatoms. The predicted octanol–water partition coefficient (Wildman–Crippen LogP) is 4.87. The van der Waals surface area contributed by atoms with Gasteiger partial charge >= 0.3 is 0 Å². The lowest BCUT2D eigenvalue weighted by atomic mass is 9.95. The van der Waals surface area contributed by atoms with Gasteiger partial charge in [0.25, 0.3) is 5.91 Å². The fourth-order valence-corrected chi connectivity index (χ4v) is 4.42. The maximum absolute atomic E-state index is 13.4. The number of hydrogen-bond donors (Lipinski definition) is 1. The summed E-state index contributed by atoms with van der Waals surface area (Å²) in [7, 11) is 0. The molecule has 5 rings (SSSR count). The molecule has 2 aromatic heterocycles. The number of aromatic nitrogens is 4. The first-order chi connectivity index (χ1) is 15.1. The van der Waals surface area contributed by atoms with Gasteiger partial charge in [0.1, 0.15) is 5.69 Å². The average molecular weight is 432 g/mol. The third-order valence-electron chi connectivity index (χ3n) is 5.73. The summed E-state index contributed by atoms with van der Waals surface area (Å²) < 4.78 is 2.02. The van der Waals surface area contributed by atoms with Crippen LogP contribution in [0.1, 0.15) is 39.6 Å². The summed E-state index contributed by atoms with van der Waals surface area (Å²) in [6, 6.07) is 15.7. The van der Waals surface area contributed by atoms with Crippen LogP contribution in [0.4, 0.5) is 0 Å². The molecule has 1 amide bonds. The van der Waals surface area contributed by atoms with Crippen LogP contribution < -0.4 is 0 Å². The van der Waals surface area contributed by atoms with E-state index in [0.717, 1.165) is 35.3 Å². The Bertz CT molecular complexity index is 1210. The molecule has 0 saturated carbocycles. The molecule has 0 saturated heterocycles. The van der Waals surface area contributed by atoms with Crippen LogP contribution in [-0.4, -0.2) is 37.1 Å². The number of imidazole rings is 1. The molecule has 3 heterocycles. The highest BCUT2D eigenvalue weighted by atomic mass is 35.5. The number of nitrogens with one attached hydrogen (secondary N) is 1. The van der Waals surface area contributed by atoms with Gasteiger partial charge in [-0.15, -0.1) is 0 Å². The smallest absolute Gasteiger partial charge is 0.273 e. The van der Waals surface area contributed by atoms with E-state index < -0.39 is 0 Å². The van der Waals surface area contributed by atoms with E-state index >= 15 is 0 Å². The fourth-order valence-electron chi connectivity index (χ4n) is 4.22. The minimum absolute atomic E-state index is 0.0310. The lowest BCUT2D eigenvalue weighted by Crippen LogP contribution is -2.31. The van der Waals surface area contributed by atoms with Crippen molar-refractivity contribution in [3.63, 3.8) is 0 Å². The Labute approximate surface area is 185 Å². The number of H-pyrrole nitrogens is 1. The van der Waals surface area contributed by atoms with Crippen molar-refractivity contribution in [2.75, 3.05) is 6.54 Å². The predicted molar refractivity (Wildman–Crippen MR) is 120 cm³/mol. The molecule has 0 spiro atoms. The summed E-state index contributed by atoms with van der Waals surface area (Å²) in [6.45, 7) is 3.46. The van der Waals surface area contributed by atoms with Crippen LogP contribution in [0.3, 0.4) is 0 Å². The molecule has 6 nitrogen and oxygen atoms in total. The zero-order valence-corrected chi connectivity index (χ0v) is 17.9. The topological polar surface area (TPSA) is 66.8 Å². The van der Waals surface area contributed by atoms with Gasteiger partial charge in [0.05, 0.1) is 18.1 Å². The van der Waals surface area contributed by atoms with E-state index in [-0.39, 0.29) is 11.9 Å². The van der Waals surface area contributed by atoms with Gasteiger partial charge in [-0.05, 0) is 31.0 Å². The molecule has 1 aliphatic rings. The maximum atomic E-state index is 13.4. The van der Waals surface area contributed by atoms with Crippen molar-refractivity contribution in [3.8, 4) is 11.3 Å². The van der Waals surface area contributed by atoms with E-state index in [9.17, 15) is 4.79 Å². The van der Waals surface area contributed by atoms with E-state index in [1.807, 2.05) is 52.1 Å². The molecular weight excluding hydrogens is 410 g/mol. The summed E-state index contributed by atoms with van der Waals surface area (Å²) >= 11 is 6.32. The van der Waals surface area contributed by atoms with Crippen molar-refractivity contribution in [2.24, 2.45) is 0 Å². The molecule has 1 aliphatic heterocycles. The molecule has 31 heavy (non-hydrogen) atoms. The number of carbonyl (C=O) groups is 1. The Morgan fingerprint density at radius 3 is 2.71 bits per heavy atom. The number of nitrogens with zero attached hydrogens (tertiary/aromatic N) is 4. The summed E-state index contributed by atoms with van der Waals surface area (Å²) in [6.07, 6.45) is 6.31. The summed E-state index contributed by atoms with van der Waals surface area (Å²) in [5.41, 5.74) is 5.44. The van der Waals surface area contributed by atoms with Gasteiger partial charge in [0, 0.05) is 41.6 Å². The van der Waals surface area contributed by atoms with Crippen LogP contribution in [0.2, 0.25) is 5.02 Å². The lowest BCUT2D eigenvalue weighted by Gasteiger charge is -2.26. The number of fused-ring (bicyclic) bond motifs is 1. The van der Waals surface area contributed by atoms with Crippen LogP contribution in [-0.2, 0) is 6.54 Å². The monoisotopic (exact) mass is 431 g/mol. The van der Waals surface area contributed by atoms with Gasteiger partial charge in [-0.2, -0.15) is 5.10 Å². The normalized spacial score (nSPS) is 15.5. The molecule has 1 N–H and O–H groups in total. The van der Waals surface area contributed by atoms with Crippen molar-refractivity contribution >= 4 is 17.5 Å². The SMILES string of the molecule is Cc1ccc(-c2n[nH]c3c2C(c2cccc(Cl)c2)N(CCCn2ccnc2)C3=O)cc1. The molecular formula is C24H22ClN5O. The zero-order valence-electron chi connectivity index (χ0n) is 17.1. The van der Waals surface area contributed by atoms with E-state index in [0.29, 0.717) is 17.3 Å². The Morgan fingerprint density at radius 2 is 1.97 bits per heavy atom. The van der Waals surface area contributed by atoms with Crippen molar-refractivity contribution in [3.05, 3.63) is 94.7 Å². The van der Waals surface area contributed by atoms with E-state index in [1.54, 1.807) is 12.5 Å². The largest absolute Gasteiger partial charge is 0.337 e. The van der Waals surface area contributed by atoms with Crippen LogP contribution in [0, 0.1) is 6.92 Å². The first kappa shape index (κ1) is 19.6. The minimum atomic E-state index is -0.237. The Kier molecular flexibility index (Phi) is 5.08. The first-order valence-electron chi connectivity index (χ1n) is 10.3. The van der Waals surface area contributed by atoms with Gasteiger partial charge in [0.15, 0.2) is 0 Å². The molecule has 1 atom stereocenters. The number of aryl methyl sites for hydroxylation is 2. The number of carbonyl (C=O) groups excluding carboxylic acids is 1. The van der Waals surface area contributed by atoms with Gasteiger partial charge in [0.2, 0.25) is 0 Å². The van der Waals surface area contributed by atoms with Crippen molar-refractivity contribution in [2.45, 2.75) is 25.9 Å². The van der Waals surface area contributed by atoms with Crippen LogP contribution in [0.25, 0.3) is 11.3 Å². The van der Waals surface area contributed by atoms with E-state index in [2.05, 4.69) is 34.2 Å². The summed E-state index contributed by atoms with van der Waals surface area (Å²) in [4.78, 5) is 19.4. The fraction of sp³-hybridized carbons (Fsp3) is 0.208. The number of amides is 1. The molecule has 0 fully saturated rings. The van der Waals surface area contributed by atoms with Crippen molar-refractivity contribution in [1.29, 1.82) is 0 Å². The summed E-state index contributed by atoms with van der Waals surface area (Å²) in [5, 5.41) is 8.18. The number of benzene rings is 2. The van der Waals surface area contributed by atoms with Crippen LogP contribution in [0.15, 0.2) is 67.3 Å². The minimum Gasteiger partial charge on any atom is -0.337 e. The van der Waals surface area contributed by atoms with Gasteiger partial charge < -0.3 is 9.47 Å². The van der Waals surface area contributed by atoms with Gasteiger partial charge in [-0.3, -0.25) is 9.89 Å². The summed E-state index contributed by atoms with van der Waals surface area (Å²) in [5.74, 6) is -0.0310. The lowest BCUT2D eigenvalue weighted by molar-refractivity contribution is 0.0739. The highest BCUT2D eigenvalue weighted by Gasteiger charge is 2.41.